The number of hydrogen-bond acceptors (Lipinski definition) is 3. The van der Waals surface area contributed by atoms with Crippen LogP contribution in [0.15, 0.2) is 18.2 Å². The van der Waals surface area contributed by atoms with Gasteiger partial charge in [0.1, 0.15) is 5.75 Å². The summed E-state index contributed by atoms with van der Waals surface area (Å²) in [6, 6.07) is 2.63. The highest BCUT2D eigenvalue weighted by atomic mass is 19.4. The van der Waals surface area contributed by atoms with Crippen LogP contribution in [0.1, 0.15) is 67.8 Å². The van der Waals surface area contributed by atoms with Crippen LogP contribution in [-0.2, 0) is 10.9 Å². The molecule has 0 radical (unpaired) electrons. The van der Waals surface area contributed by atoms with Crippen molar-refractivity contribution in [3.63, 3.8) is 0 Å². The van der Waals surface area contributed by atoms with Gasteiger partial charge < -0.3 is 14.6 Å². The second-order valence-electron chi connectivity index (χ2n) is 9.20. The van der Waals surface area contributed by atoms with Gasteiger partial charge in [-0.05, 0) is 79.9 Å². The first-order valence-corrected chi connectivity index (χ1v) is 10.4. The Balaban J connectivity index is 1.48. The van der Waals surface area contributed by atoms with E-state index in [1.807, 2.05) is 0 Å². The Morgan fingerprint density at radius 3 is 2.24 bits per heavy atom. The van der Waals surface area contributed by atoms with Crippen LogP contribution < -0.4 is 4.74 Å². The molecule has 0 spiro atoms. The van der Waals surface area contributed by atoms with Crippen LogP contribution in [-0.4, -0.2) is 24.0 Å². The average Bonchev–Trinajstić information content (AvgIpc) is 2.63. The van der Waals surface area contributed by atoms with Crippen molar-refractivity contribution in [3.05, 3.63) is 29.3 Å². The maximum Gasteiger partial charge on any atom is 0.419 e. The lowest BCUT2D eigenvalue weighted by Crippen LogP contribution is -2.48. The Hall–Kier alpha value is -1.76. The number of benzene rings is 1. The van der Waals surface area contributed by atoms with E-state index in [1.54, 1.807) is 6.92 Å². The first kappa shape index (κ1) is 20.5. The van der Waals surface area contributed by atoms with Gasteiger partial charge >= 0.3 is 12.1 Å². The minimum absolute atomic E-state index is 0.126. The largest absolute Gasteiger partial charge is 0.478 e. The molecular formula is C22H27F3O4. The summed E-state index contributed by atoms with van der Waals surface area (Å²) < 4.78 is 51.7. The van der Waals surface area contributed by atoms with Crippen LogP contribution >= 0.6 is 0 Å². The second-order valence-corrected chi connectivity index (χ2v) is 9.20. The monoisotopic (exact) mass is 412 g/mol. The third-order valence-electron chi connectivity index (χ3n) is 6.87. The number of carboxylic acid groups (broad SMARTS) is 1. The molecule has 4 nitrogen and oxygen atoms in total. The summed E-state index contributed by atoms with van der Waals surface area (Å²) in [6.45, 7) is 2.29. The number of alkyl halides is 3. The maximum absolute atomic E-state index is 13.4. The van der Waals surface area contributed by atoms with Crippen LogP contribution in [0.25, 0.3) is 0 Å². The lowest BCUT2D eigenvalue weighted by molar-refractivity contribution is -0.160. The zero-order chi connectivity index (χ0) is 20.8. The summed E-state index contributed by atoms with van der Waals surface area (Å²) in [5.74, 6) is 0.487. The van der Waals surface area contributed by atoms with E-state index in [-0.39, 0.29) is 11.0 Å². The average molecular weight is 412 g/mol. The fourth-order valence-corrected chi connectivity index (χ4v) is 6.10. The zero-order valence-corrected chi connectivity index (χ0v) is 16.5. The Labute approximate surface area is 168 Å². The predicted molar refractivity (Wildman–Crippen MR) is 99.7 cm³/mol. The normalized spacial score (nSPS) is 31.7. The van der Waals surface area contributed by atoms with Gasteiger partial charge in [0.25, 0.3) is 0 Å². The summed E-state index contributed by atoms with van der Waals surface area (Å²) in [7, 11) is 0. The number of aromatic carboxylic acids is 1. The van der Waals surface area contributed by atoms with Crippen molar-refractivity contribution in [2.24, 2.45) is 23.2 Å². The van der Waals surface area contributed by atoms with Gasteiger partial charge in [0.05, 0.1) is 17.7 Å². The van der Waals surface area contributed by atoms with Crippen LogP contribution in [0.3, 0.4) is 0 Å². The minimum Gasteiger partial charge on any atom is -0.478 e. The highest BCUT2D eigenvalue weighted by molar-refractivity contribution is 5.88. The summed E-state index contributed by atoms with van der Waals surface area (Å²) in [4.78, 5) is 11.2. The molecule has 1 aromatic carbocycles. The van der Waals surface area contributed by atoms with Gasteiger partial charge in [-0.15, -0.1) is 0 Å². The minimum atomic E-state index is -4.63. The van der Waals surface area contributed by atoms with Gasteiger partial charge in [-0.3, -0.25) is 0 Å². The van der Waals surface area contributed by atoms with E-state index in [9.17, 15) is 18.0 Å². The smallest absolute Gasteiger partial charge is 0.419 e. The van der Waals surface area contributed by atoms with Gasteiger partial charge in [-0.2, -0.15) is 13.2 Å². The third kappa shape index (κ3) is 4.25. The molecule has 4 bridgehead atoms. The molecule has 0 heterocycles. The maximum atomic E-state index is 13.4. The Morgan fingerprint density at radius 2 is 1.76 bits per heavy atom. The molecule has 5 rings (SSSR count). The molecule has 1 atom stereocenters. The number of halogens is 3. The molecule has 0 aliphatic heterocycles. The fraction of sp³-hybridized carbons (Fsp3) is 0.682. The van der Waals surface area contributed by atoms with Gasteiger partial charge in [-0.25, -0.2) is 4.79 Å². The van der Waals surface area contributed by atoms with E-state index in [1.165, 1.54) is 19.3 Å². The van der Waals surface area contributed by atoms with Crippen LogP contribution in [0.4, 0.5) is 13.2 Å². The SMILES string of the molecule is CCC(OCC12CC3CC(CC(C3)C1)C2)Oc1cc(C(=O)O)ccc1C(F)(F)F. The molecule has 160 valence electrons. The molecule has 0 amide bonds. The first-order valence-electron chi connectivity index (χ1n) is 10.4. The topological polar surface area (TPSA) is 55.8 Å². The number of hydrogen-bond donors (Lipinski definition) is 1. The van der Waals surface area contributed by atoms with E-state index < -0.39 is 29.7 Å². The lowest BCUT2D eigenvalue weighted by atomic mass is 9.50. The van der Waals surface area contributed by atoms with Crippen molar-refractivity contribution < 1.29 is 32.5 Å². The Kier molecular flexibility index (Phi) is 5.30. The molecular weight excluding hydrogens is 385 g/mol. The molecule has 0 saturated heterocycles. The van der Waals surface area contributed by atoms with E-state index in [2.05, 4.69) is 0 Å². The van der Waals surface area contributed by atoms with Gasteiger partial charge in [-0.1, -0.05) is 6.92 Å². The molecule has 4 aliphatic rings. The molecule has 4 fully saturated rings. The number of carbonyl (C=O) groups is 1. The molecule has 4 aliphatic carbocycles. The molecule has 4 saturated carbocycles. The third-order valence-corrected chi connectivity index (χ3v) is 6.87. The fourth-order valence-electron chi connectivity index (χ4n) is 6.10. The number of rotatable bonds is 7. The zero-order valence-electron chi connectivity index (χ0n) is 16.5. The highest BCUT2D eigenvalue weighted by Crippen LogP contribution is 2.60. The van der Waals surface area contributed by atoms with E-state index in [0.717, 1.165) is 55.2 Å². The van der Waals surface area contributed by atoms with Crippen LogP contribution in [0, 0.1) is 23.2 Å². The van der Waals surface area contributed by atoms with Gasteiger partial charge in [0, 0.05) is 6.42 Å². The molecule has 7 heteroatoms. The predicted octanol–water partition coefficient (Wildman–Crippen LogP) is 5.75. The van der Waals surface area contributed by atoms with E-state index in [4.69, 9.17) is 14.6 Å². The quantitative estimate of drug-likeness (QED) is 0.579. The Morgan fingerprint density at radius 1 is 1.17 bits per heavy atom. The second kappa shape index (κ2) is 7.49. The standard InChI is InChI=1S/C22H27F3O4/c1-2-19(28-12-21-9-13-5-14(10-21)7-15(6-13)11-21)29-18-8-16(20(26)27)3-4-17(18)22(23,24)25/h3-4,8,13-15,19H,2,5-7,9-12H2,1H3,(H,26,27). The van der Waals surface area contributed by atoms with Crippen molar-refractivity contribution in [2.75, 3.05) is 6.61 Å². The number of carboxylic acids is 1. The van der Waals surface area contributed by atoms with E-state index >= 15 is 0 Å². The molecule has 29 heavy (non-hydrogen) atoms. The van der Waals surface area contributed by atoms with Crippen molar-refractivity contribution >= 4 is 5.97 Å². The molecule has 1 unspecified atom stereocenters. The van der Waals surface area contributed by atoms with Gasteiger partial charge in [0.15, 0.2) is 6.29 Å². The van der Waals surface area contributed by atoms with Crippen molar-refractivity contribution in [2.45, 2.75) is 64.3 Å². The van der Waals surface area contributed by atoms with Crippen molar-refractivity contribution in [1.29, 1.82) is 0 Å². The summed E-state index contributed by atoms with van der Waals surface area (Å²) >= 11 is 0. The van der Waals surface area contributed by atoms with Crippen molar-refractivity contribution in [3.8, 4) is 5.75 Å². The Bertz CT molecular complexity index is 739. The molecule has 1 aromatic rings. The van der Waals surface area contributed by atoms with Crippen molar-refractivity contribution in [1.82, 2.24) is 0 Å². The molecule has 1 N–H and O–H groups in total. The van der Waals surface area contributed by atoms with Crippen LogP contribution in [0.5, 0.6) is 5.75 Å². The summed E-state index contributed by atoms with van der Waals surface area (Å²) in [6.07, 6.45) is 2.24. The van der Waals surface area contributed by atoms with Crippen LogP contribution in [0.2, 0.25) is 0 Å². The lowest BCUT2D eigenvalue weighted by Gasteiger charge is -2.56. The first-order chi connectivity index (χ1) is 13.7. The molecule has 0 aromatic heterocycles. The van der Waals surface area contributed by atoms with E-state index in [0.29, 0.717) is 13.0 Å². The van der Waals surface area contributed by atoms with Gasteiger partial charge in [0.2, 0.25) is 0 Å². The summed E-state index contributed by atoms with van der Waals surface area (Å²) in [5, 5.41) is 9.13. The summed E-state index contributed by atoms with van der Waals surface area (Å²) in [5.41, 5.74) is -1.11. The highest BCUT2D eigenvalue weighted by Gasteiger charge is 2.51. The number of ether oxygens (including phenoxy) is 2.